The topological polar surface area (TPSA) is 101 Å². The number of halogens is 2. The molecular weight excluding hydrogens is 456 g/mol. The van der Waals surface area contributed by atoms with Crippen LogP contribution in [-0.4, -0.2) is 36.7 Å². The number of pyridine rings is 1. The van der Waals surface area contributed by atoms with E-state index in [1.165, 1.54) is 17.0 Å². The highest BCUT2D eigenvalue weighted by molar-refractivity contribution is 6.10. The van der Waals surface area contributed by atoms with Gasteiger partial charge in [0.15, 0.2) is 5.82 Å². The normalized spacial score (nSPS) is 12.9. The van der Waals surface area contributed by atoms with Gasteiger partial charge < -0.3 is 9.67 Å². The van der Waals surface area contributed by atoms with Crippen LogP contribution < -0.4 is 4.90 Å². The van der Waals surface area contributed by atoms with Gasteiger partial charge in [0, 0.05) is 17.2 Å². The van der Waals surface area contributed by atoms with E-state index in [0.29, 0.717) is 34.5 Å². The number of carboxylic acid groups (broad SMARTS) is 1. The number of aromatic nitrogens is 4. The van der Waals surface area contributed by atoms with Crippen LogP contribution in [0.3, 0.4) is 0 Å². The molecule has 8 nitrogen and oxygen atoms in total. The Morgan fingerprint density at radius 1 is 1.09 bits per heavy atom. The van der Waals surface area contributed by atoms with E-state index >= 15 is 0 Å². The van der Waals surface area contributed by atoms with E-state index in [-0.39, 0.29) is 29.6 Å². The van der Waals surface area contributed by atoms with Crippen LogP contribution in [-0.2, 0) is 6.54 Å². The second-order valence-electron chi connectivity index (χ2n) is 8.42. The molecule has 3 heterocycles. The molecule has 0 bridgehead atoms. The number of carbonyl (C=O) groups excluding carboxylic acids is 1. The number of rotatable bonds is 5. The number of aromatic carboxylic acids is 1. The number of fused-ring (bicyclic) bond motifs is 1. The average molecular weight is 475 g/mol. The number of anilines is 1. The molecule has 2 aromatic heterocycles. The first-order valence-electron chi connectivity index (χ1n) is 10.8. The van der Waals surface area contributed by atoms with Gasteiger partial charge in [0.2, 0.25) is 0 Å². The lowest BCUT2D eigenvalue weighted by Crippen LogP contribution is -2.24. The maximum atomic E-state index is 14.8. The van der Waals surface area contributed by atoms with Crippen LogP contribution in [0.15, 0.2) is 54.9 Å². The molecule has 0 saturated carbocycles. The summed E-state index contributed by atoms with van der Waals surface area (Å²) in [6.07, 6.45) is 1.62. The van der Waals surface area contributed by atoms with E-state index in [1.54, 1.807) is 30.6 Å². The van der Waals surface area contributed by atoms with Crippen molar-refractivity contribution >= 4 is 17.7 Å². The van der Waals surface area contributed by atoms with Crippen LogP contribution in [0.4, 0.5) is 14.6 Å². The Morgan fingerprint density at radius 3 is 2.63 bits per heavy atom. The number of hydrogen-bond acceptors (Lipinski definition) is 5. The van der Waals surface area contributed by atoms with Crippen LogP contribution in [0.25, 0.3) is 22.6 Å². The maximum absolute atomic E-state index is 14.8. The van der Waals surface area contributed by atoms with E-state index in [9.17, 15) is 23.5 Å². The zero-order valence-electron chi connectivity index (χ0n) is 18.7. The van der Waals surface area contributed by atoms with E-state index in [1.807, 2.05) is 18.4 Å². The van der Waals surface area contributed by atoms with Crippen molar-refractivity contribution in [3.8, 4) is 22.6 Å². The fourth-order valence-corrected chi connectivity index (χ4v) is 4.11. The smallest absolute Gasteiger partial charge is 0.338 e. The Balaban J connectivity index is 1.50. The molecule has 0 spiro atoms. The number of benzene rings is 2. The molecule has 2 aromatic carbocycles. The molecule has 0 fully saturated rings. The summed E-state index contributed by atoms with van der Waals surface area (Å²) in [5.74, 6) is -2.90. The van der Waals surface area contributed by atoms with Crippen molar-refractivity contribution in [3.63, 3.8) is 0 Å². The number of carboxylic acids is 1. The maximum Gasteiger partial charge on any atom is 0.338 e. The summed E-state index contributed by atoms with van der Waals surface area (Å²) in [6.45, 7) is 4.24. The highest BCUT2D eigenvalue weighted by Gasteiger charge is 2.30. The van der Waals surface area contributed by atoms with Gasteiger partial charge in [-0.25, -0.2) is 18.6 Å². The average Bonchev–Trinajstić information content (AvgIpc) is 3.45. The predicted molar refractivity (Wildman–Crippen MR) is 123 cm³/mol. The third-order valence-corrected chi connectivity index (χ3v) is 5.86. The van der Waals surface area contributed by atoms with Crippen molar-refractivity contribution in [1.29, 1.82) is 0 Å². The number of nitrogens with zero attached hydrogens (tertiary/aromatic N) is 5. The Hall–Kier alpha value is -4.47. The molecule has 1 N–H and O–H groups in total. The minimum Gasteiger partial charge on any atom is -0.478 e. The van der Waals surface area contributed by atoms with Gasteiger partial charge in [0.05, 0.1) is 12.1 Å². The fraction of sp³-hybridized carbons (Fsp3) is 0.160. The molecule has 10 heteroatoms. The standard InChI is InChI=1S/C25H19F2N5O3/c1-13(2)32-12-28-30-23(32)20-4-3-5-21(29-20)31-11-15-7-6-14(8-18(15)24(31)33)17-9-16(26)10-19(22(17)27)25(34)35/h3-10,12-13H,11H2,1-2H3,(H,34,35). The Bertz CT molecular complexity index is 1500. The first-order valence-corrected chi connectivity index (χ1v) is 10.8. The van der Waals surface area contributed by atoms with Crippen LogP contribution in [0.2, 0.25) is 0 Å². The summed E-state index contributed by atoms with van der Waals surface area (Å²) in [6, 6.07) is 11.5. The largest absolute Gasteiger partial charge is 0.478 e. The molecule has 0 aliphatic carbocycles. The van der Waals surface area contributed by atoms with E-state index in [2.05, 4.69) is 15.2 Å². The lowest BCUT2D eigenvalue weighted by atomic mass is 9.98. The number of carbonyl (C=O) groups is 2. The molecule has 1 aliphatic heterocycles. The SMILES string of the molecule is CC(C)n1cnnc1-c1cccc(N2Cc3ccc(-c4cc(F)cc(C(=O)O)c4F)cc3C2=O)n1. The molecule has 35 heavy (non-hydrogen) atoms. The van der Waals surface area contributed by atoms with Crippen molar-refractivity contribution in [2.24, 2.45) is 0 Å². The van der Waals surface area contributed by atoms with Crippen LogP contribution in [0.1, 0.15) is 46.2 Å². The Morgan fingerprint density at radius 2 is 1.89 bits per heavy atom. The fourth-order valence-electron chi connectivity index (χ4n) is 4.11. The molecule has 5 rings (SSSR count). The molecule has 1 amide bonds. The van der Waals surface area contributed by atoms with Crippen molar-refractivity contribution in [2.75, 3.05) is 4.90 Å². The minimum atomic E-state index is -1.58. The number of hydrogen-bond donors (Lipinski definition) is 1. The van der Waals surface area contributed by atoms with Crippen LogP contribution in [0.5, 0.6) is 0 Å². The van der Waals surface area contributed by atoms with E-state index in [0.717, 1.165) is 6.07 Å². The minimum absolute atomic E-state index is 0.117. The van der Waals surface area contributed by atoms with Crippen LogP contribution >= 0.6 is 0 Å². The summed E-state index contributed by atoms with van der Waals surface area (Å²) in [5.41, 5.74) is 0.742. The van der Waals surface area contributed by atoms with Gasteiger partial charge in [-0.15, -0.1) is 10.2 Å². The summed E-state index contributed by atoms with van der Waals surface area (Å²) in [7, 11) is 0. The van der Waals surface area contributed by atoms with Gasteiger partial charge in [-0.3, -0.25) is 9.69 Å². The lowest BCUT2D eigenvalue weighted by Gasteiger charge is -2.16. The van der Waals surface area contributed by atoms with E-state index in [4.69, 9.17) is 0 Å². The van der Waals surface area contributed by atoms with Gasteiger partial charge in [-0.05, 0) is 55.3 Å². The van der Waals surface area contributed by atoms with Gasteiger partial charge in [0.1, 0.15) is 29.5 Å². The van der Waals surface area contributed by atoms with Gasteiger partial charge in [0.25, 0.3) is 5.91 Å². The van der Waals surface area contributed by atoms with Crippen molar-refractivity contribution < 1.29 is 23.5 Å². The highest BCUT2D eigenvalue weighted by Crippen LogP contribution is 2.33. The summed E-state index contributed by atoms with van der Waals surface area (Å²) in [4.78, 5) is 30.7. The first kappa shape index (κ1) is 22.3. The predicted octanol–water partition coefficient (Wildman–Crippen LogP) is 4.72. The quantitative estimate of drug-likeness (QED) is 0.448. The molecule has 0 atom stereocenters. The molecule has 0 unspecified atom stereocenters. The van der Waals surface area contributed by atoms with E-state index < -0.39 is 23.2 Å². The lowest BCUT2D eigenvalue weighted by molar-refractivity contribution is 0.0691. The highest BCUT2D eigenvalue weighted by atomic mass is 19.1. The second kappa shape index (κ2) is 8.39. The molecule has 0 saturated heterocycles. The summed E-state index contributed by atoms with van der Waals surface area (Å²) >= 11 is 0. The van der Waals surface area contributed by atoms with Gasteiger partial charge in [-0.1, -0.05) is 18.2 Å². The van der Waals surface area contributed by atoms with Crippen molar-refractivity contribution in [2.45, 2.75) is 26.4 Å². The first-order chi connectivity index (χ1) is 16.7. The third-order valence-electron chi connectivity index (χ3n) is 5.86. The molecular formula is C25H19F2N5O3. The molecule has 0 radical (unpaired) electrons. The van der Waals surface area contributed by atoms with Gasteiger partial charge >= 0.3 is 5.97 Å². The Kier molecular flexibility index (Phi) is 5.35. The molecule has 4 aromatic rings. The Labute approximate surface area is 198 Å². The van der Waals surface area contributed by atoms with Crippen molar-refractivity contribution in [1.82, 2.24) is 19.7 Å². The monoisotopic (exact) mass is 475 g/mol. The van der Waals surface area contributed by atoms with Gasteiger partial charge in [-0.2, -0.15) is 0 Å². The number of amides is 1. The summed E-state index contributed by atoms with van der Waals surface area (Å²) in [5, 5.41) is 17.3. The third kappa shape index (κ3) is 3.82. The van der Waals surface area contributed by atoms with Crippen LogP contribution in [0, 0.1) is 11.6 Å². The molecule has 1 aliphatic rings. The second-order valence-corrected chi connectivity index (χ2v) is 8.42. The zero-order chi connectivity index (χ0) is 24.9. The molecule has 176 valence electrons. The zero-order valence-corrected chi connectivity index (χ0v) is 18.7. The summed E-state index contributed by atoms with van der Waals surface area (Å²) < 4.78 is 30.7. The van der Waals surface area contributed by atoms with Crippen molar-refractivity contribution in [3.05, 3.63) is 83.2 Å².